The molecule has 0 saturated carbocycles. The van der Waals surface area contributed by atoms with Gasteiger partial charge in [-0.05, 0) is 26.7 Å². The van der Waals surface area contributed by atoms with Crippen molar-refractivity contribution in [2.24, 2.45) is 5.73 Å². The normalized spacial score (nSPS) is 21.4. The molecule has 148 valence electrons. The molecular formula is C15H26N4O7. The Bertz CT molecular complexity index is 554. The summed E-state index contributed by atoms with van der Waals surface area (Å²) in [4.78, 5) is 48.7. The average Bonchev–Trinajstić information content (AvgIpc) is 3.07. The molecule has 5 atom stereocenters. The lowest BCUT2D eigenvalue weighted by Crippen LogP contribution is -2.58. The third kappa shape index (κ3) is 5.38. The molecule has 0 aliphatic carbocycles. The molecule has 0 bridgehead atoms. The minimum Gasteiger partial charge on any atom is -0.480 e. The number of hydrogen-bond acceptors (Lipinski definition) is 7. The fraction of sp³-hybridized carbons (Fsp3) is 0.733. The van der Waals surface area contributed by atoms with Gasteiger partial charge >= 0.3 is 5.97 Å². The molecule has 11 nitrogen and oxygen atoms in total. The number of carbonyl (C=O) groups excluding carboxylic acids is 3. The number of amides is 3. The summed E-state index contributed by atoms with van der Waals surface area (Å²) in [6.07, 6.45) is -0.196. The van der Waals surface area contributed by atoms with Gasteiger partial charge in [0.25, 0.3) is 0 Å². The highest BCUT2D eigenvalue weighted by molar-refractivity contribution is 5.94. The monoisotopic (exact) mass is 374 g/mol. The van der Waals surface area contributed by atoms with E-state index in [-0.39, 0.29) is 6.54 Å². The predicted molar refractivity (Wildman–Crippen MR) is 88.6 cm³/mol. The van der Waals surface area contributed by atoms with Crippen LogP contribution in [0.5, 0.6) is 0 Å². The van der Waals surface area contributed by atoms with Crippen molar-refractivity contribution < 1.29 is 34.5 Å². The largest absolute Gasteiger partial charge is 0.480 e. The number of likely N-dealkylation sites (tertiary alicyclic amines) is 1. The van der Waals surface area contributed by atoms with Gasteiger partial charge in [0, 0.05) is 6.54 Å². The minimum absolute atomic E-state index is 0.281. The van der Waals surface area contributed by atoms with E-state index in [2.05, 4.69) is 10.6 Å². The fourth-order valence-corrected chi connectivity index (χ4v) is 2.54. The molecule has 1 aliphatic heterocycles. The second kappa shape index (κ2) is 9.46. The van der Waals surface area contributed by atoms with Crippen LogP contribution in [0.3, 0.4) is 0 Å². The van der Waals surface area contributed by atoms with Gasteiger partial charge in [-0.2, -0.15) is 0 Å². The second-order valence-electron chi connectivity index (χ2n) is 6.27. The first-order chi connectivity index (χ1) is 12.1. The molecule has 0 spiro atoms. The van der Waals surface area contributed by atoms with E-state index in [0.717, 1.165) is 0 Å². The highest BCUT2D eigenvalue weighted by atomic mass is 16.4. The van der Waals surface area contributed by atoms with Crippen molar-refractivity contribution in [2.45, 2.75) is 57.0 Å². The van der Waals surface area contributed by atoms with Crippen LogP contribution in [0.1, 0.15) is 26.7 Å². The van der Waals surface area contributed by atoms with Gasteiger partial charge in [0.15, 0.2) is 0 Å². The number of aliphatic hydroxyl groups is 2. The van der Waals surface area contributed by atoms with Crippen molar-refractivity contribution in [1.29, 1.82) is 0 Å². The van der Waals surface area contributed by atoms with Gasteiger partial charge in [-0.25, -0.2) is 0 Å². The number of carboxylic acids is 1. The Morgan fingerprint density at radius 3 is 2.35 bits per heavy atom. The number of carboxylic acid groups (broad SMARTS) is 1. The van der Waals surface area contributed by atoms with Crippen LogP contribution in [0, 0.1) is 0 Å². The molecule has 0 aromatic rings. The van der Waals surface area contributed by atoms with Crippen molar-refractivity contribution >= 4 is 23.7 Å². The number of nitrogens with zero attached hydrogens (tertiary/aromatic N) is 1. The average molecular weight is 374 g/mol. The molecule has 26 heavy (non-hydrogen) atoms. The van der Waals surface area contributed by atoms with Gasteiger partial charge in [-0.3, -0.25) is 19.2 Å². The molecule has 1 fully saturated rings. The van der Waals surface area contributed by atoms with Crippen molar-refractivity contribution in [3.63, 3.8) is 0 Å². The minimum atomic E-state index is -1.35. The Hall–Kier alpha value is -2.24. The molecule has 1 saturated heterocycles. The van der Waals surface area contributed by atoms with Crippen LogP contribution in [0.2, 0.25) is 0 Å². The van der Waals surface area contributed by atoms with E-state index in [1.807, 2.05) is 0 Å². The highest BCUT2D eigenvalue weighted by Gasteiger charge is 2.38. The Labute approximate surface area is 150 Å². The topological polar surface area (TPSA) is 182 Å². The summed E-state index contributed by atoms with van der Waals surface area (Å²) < 4.78 is 0. The molecule has 5 unspecified atom stereocenters. The SMILES string of the molecule is CC(NC(=O)C(CO)NC(=O)C1CCCN1C(=O)C(N)C(C)O)C(=O)O. The Morgan fingerprint density at radius 2 is 1.85 bits per heavy atom. The van der Waals surface area contributed by atoms with E-state index in [9.17, 15) is 29.4 Å². The van der Waals surface area contributed by atoms with Gasteiger partial charge in [0.05, 0.1) is 12.7 Å². The van der Waals surface area contributed by atoms with Crippen molar-refractivity contribution in [2.75, 3.05) is 13.2 Å². The maximum absolute atomic E-state index is 12.4. The molecule has 0 aromatic carbocycles. The molecule has 0 aromatic heterocycles. The first kappa shape index (κ1) is 21.8. The zero-order valence-electron chi connectivity index (χ0n) is 14.7. The van der Waals surface area contributed by atoms with Gasteiger partial charge in [-0.1, -0.05) is 0 Å². The van der Waals surface area contributed by atoms with Crippen molar-refractivity contribution in [3.05, 3.63) is 0 Å². The standard InChI is InChI=1S/C15H26N4O7/c1-7(15(25)26)17-12(22)9(6-20)18-13(23)10-4-3-5-19(10)14(24)11(16)8(2)21/h7-11,20-21H,3-6,16H2,1-2H3,(H,17,22)(H,18,23)(H,25,26). The lowest BCUT2D eigenvalue weighted by atomic mass is 10.1. The Morgan fingerprint density at radius 1 is 1.23 bits per heavy atom. The number of nitrogens with two attached hydrogens (primary N) is 1. The van der Waals surface area contributed by atoms with Crippen LogP contribution in [0.25, 0.3) is 0 Å². The molecule has 7 N–H and O–H groups in total. The zero-order valence-corrected chi connectivity index (χ0v) is 14.7. The van der Waals surface area contributed by atoms with E-state index >= 15 is 0 Å². The summed E-state index contributed by atoms with van der Waals surface area (Å²) in [5, 5.41) is 32.0. The molecule has 1 heterocycles. The van der Waals surface area contributed by atoms with Crippen LogP contribution in [-0.2, 0) is 19.2 Å². The van der Waals surface area contributed by atoms with Crippen LogP contribution >= 0.6 is 0 Å². The number of hydrogen-bond donors (Lipinski definition) is 6. The van der Waals surface area contributed by atoms with Gasteiger partial charge in [0.1, 0.15) is 24.2 Å². The van der Waals surface area contributed by atoms with E-state index < -0.39 is 60.6 Å². The quantitative estimate of drug-likeness (QED) is 0.256. The molecule has 0 radical (unpaired) electrons. The summed E-state index contributed by atoms with van der Waals surface area (Å²) in [5.41, 5.74) is 5.63. The van der Waals surface area contributed by atoms with E-state index in [0.29, 0.717) is 12.8 Å². The van der Waals surface area contributed by atoms with Gasteiger partial charge in [-0.15, -0.1) is 0 Å². The van der Waals surface area contributed by atoms with Gasteiger partial charge in [0.2, 0.25) is 17.7 Å². The molecule has 1 rings (SSSR count). The molecular weight excluding hydrogens is 348 g/mol. The van der Waals surface area contributed by atoms with Crippen LogP contribution in [0.4, 0.5) is 0 Å². The summed E-state index contributed by atoms with van der Waals surface area (Å²) in [5.74, 6) is -3.36. The van der Waals surface area contributed by atoms with Crippen molar-refractivity contribution in [1.82, 2.24) is 15.5 Å². The first-order valence-electron chi connectivity index (χ1n) is 8.28. The second-order valence-corrected chi connectivity index (χ2v) is 6.27. The number of nitrogens with one attached hydrogen (secondary N) is 2. The Balaban J connectivity index is 2.75. The van der Waals surface area contributed by atoms with Crippen LogP contribution in [-0.4, -0.2) is 87.3 Å². The number of aliphatic carboxylic acids is 1. The van der Waals surface area contributed by atoms with E-state index in [4.69, 9.17) is 10.8 Å². The summed E-state index contributed by atoms with van der Waals surface area (Å²) in [6.45, 7) is 2.15. The molecule has 11 heteroatoms. The predicted octanol–water partition coefficient (Wildman–Crippen LogP) is -3.25. The summed E-state index contributed by atoms with van der Waals surface area (Å²) >= 11 is 0. The number of carbonyl (C=O) groups is 4. The fourth-order valence-electron chi connectivity index (χ4n) is 2.54. The molecule has 3 amide bonds. The first-order valence-corrected chi connectivity index (χ1v) is 8.28. The summed E-state index contributed by atoms with van der Waals surface area (Å²) in [7, 11) is 0. The summed E-state index contributed by atoms with van der Waals surface area (Å²) in [6, 6.07) is -4.60. The number of rotatable bonds is 8. The van der Waals surface area contributed by atoms with Crippen LogP contribution < -0.4 is 16.4 Å². The lowest BCUT2D eigenvalue weighted by molar-refractivity contribution is -0.143. The number of aliphatic hydroxyl groups excluding tert-OH is 2. The zero-order chi connectivity index (χ0) is 20.0. The van der Waals surface area contributed by atoms with E-state index in [1.165, 1.54) is 18.7 Å². The maximum atomic E-state index is 12.4. The third-order valence-corrected chi connectivity index (χ3v) is 4.19. The maximum Gasteiger partial charge on any atom is 0.325 e. The smallest absolute Gasteiger partial charge is 0.325 e. The Kier molecular flexibility index (Phi) is 7.93. The lowest BCUT2D eigenvalue weighted by Gasteiger charge is -2.28. The highest BCUT2D eigenvalue weighted by Crippen LogP contribution is 2.19. The molecule has 1 aliphatic rings. The third-order valence-electron chi connectivity index (χ3n) is 4.19. The van der Waals surface area contributed by atoms with Gasteiger partial charge < -0.3 is 36.6 Å². The van der Waals surface area contributed by atoms with E-state index in [1.54, 1.807) is 0 Å². The van der Waals surface area contributed by atoms with Crippen LogP contribution in [0.15, 0.2) is 0 Å². The van der Waals surface area contributed by atoms with Crippen molar-refractivity contribution in [3.8, 4) is 0 Å².